The van der Waals surface area contributed by atoms with Crippen LogP contribution in [0.5, 0.6) is 0 Å². The largest absolute Gasteiger partial charge is 0.333 e. The van der Waals surface area contributed by atoms with Crippen molar-refractivity contribution in [1.29, 1.82) is 0 Å². The van der Waals surface area contributed by atoms with E-state index in [1.54, 1.807) is 36.8 Å². The fourth-order valence-electron chi connectivity index (χ4n) is 3.22. The van der Waals surface area contributed by atoms with Crippen LogP contribution in [0.4, 0.5) is 11.4 Å². The van der Waals surface area contributed by atoms with Gasteiger partial charge in [0.25, 0.3) is 11.8 Å². The first-order chi connectivity index (χ1) is 15.1. The van der Waals surface area contributed by atoms with Crippen LogP contribution in [0.3, 0.4) is 0 Å². The minimum absolute atomic E-state index is 0.214. The zero-order valence-corrected chi connectivity index (χ0v) is 17.1. The third-order valence-electron chi connectivity index (χ3n) is 4.89. The Hall–Kier alpha value is -4.19. The molecular weight excluding hydrogens is 388 g/mol. The summed E-state index contributed by atoms with van der Waals surface area (Å²) < 4.78 is 1.96. The number of benzene rings is 3. The Kier molecular flexibility index (Phi) is 5.89. The molecule has 0 radical (unpaired) electrons. The van der Waals surface area contributed by atoms with Crippen molar-refractivity contribution in [2.24, 2.45) is 0 Å². The normalized spacial score (nSPS) is 10.5. The quantitative estimate of drug-likeness (QED) is 0.482. The van der Waals surface area contributed by atoms with Crippen molar-refractivity contribution < 1.29 is 9.59 Å². The molecule has 1 aromatic heterocycles. The summed E-state index contributed by atoms with van der Waals surface area (Å²) in [6.45, 7) is 2.56. The van der Waals surface area contributed by atoms with E-state index in [-0.39, 0.29) is 11.8 Å². The van der Waals surface area contributed by atoms with E-state index < -0.39 is 0 Å². The van der Waals surface area contributed by atoms with Crippen LogP contribution in [-0.4, -0.2) is 21.4 Å². The second kappa shape index (κ2) is 9.09. The Labute approximate surface area is 180 Å². The molecule has 0 aliphatic carbocycles. The first-order valence-electron chi connectivity index (χ1n) is 9.91. The van der Waals surface area contributed by atoms with Gasteiger partial charge in [0.05, 0.1) is 6.33 Å². The van der Waals surface area contributed by atoms with E-state index in [4.69, 9.17) is 0 Å². The van der Waals surface area contributed by atoms with Gasteiger partial charge in [0.2, 0.25) is 0 Å². The van der Waals surface area contributed by atoms with Gasteiger partial charge in [-0.15, -0.1) is 0 Å². The fraction of sp³-hybridized carbons (Fsp3) is 0.0800. The summed E-state index contributed by atoms with van der Waals surface area (Å²) in [4.78, 5) is 29.4. The first-order valence-corrected chi connectivity index (χ1v) is 9.91. The van der Waals surface area contributed by atoms with Gasteiger partial charge < -0.3 is 15.2 Å². The number of anilines is 2. The highest BCUT2D eigenvalue weighted by Gasteiger charge is 2.12. The lowest BCUT2D eigenvalue weighted by Gasteiger charge is -2.12. The number of nitrogens with one attached hydrogen (secondary N) is 2. The number of carbonyl (C=O) groups is 2. The van der Waals surface area contributed by atoms with E-state index in [9.17, 15) is 9.59 Å². The number of hydrogen-bond acceptors (Lipinski definition) is 3. The van der Waals surface area contributed by atoms with Gasteiger partial charge in [0.15, 0.2) is 0 Å². The average Bonchev–Trinajstić information content (AvgIpc) is 3.29. The molecule has 0 aliphatic heterocycles. The van der Waals surface area contributed by atoms with Gasteiger partial charge >= 0.3 is 0 Å². The lowest BCUT2D eigenvalue weighted by atomic mass is 10.1. The maximum absolute atomic E-state index is 12.8. The predicted octanol–water partition coefficient (Wildman–Crippen LogP) is 4.74. The summed E-state index contributed by atoms with van der Waals surface area (Å²) in [5.74, 6) is -0.455. The van der Waals surface area contributed by atoms with E-state index in [0.717, 1.165) is 11.1 Å². The summed E-state index contributed by atoms with van der Waals surface area (Å²) >= 11 is 0. The molecule has 0 unspecified atom stereocenters. The third-order valence-corrected chi connectivity index (χ3v) is 4.89. The van der Waals surface area contributed by atoms with Crippen molar-refractivity contribution in [1.82, 2.24) is 9.55 Å². The maximum atomic E-state index is 12.8. The molecule has 0 fully saturated rings. The molecule has 4 rings (SSSR count). The number of nitrogens with zero attached hydrogens (tertiary/aromatic N) is 2. The van der Waals surface area contributed by atoms with E-state index in [1.165, 1.54) is 0 Å². The highest BCUT2D eigenvalue weighted by Crippen LogP contribution is 2.20. The van der Waals surface area contributed by atoms with E-state index in [2.05, 4.69) is 15.6 Å². The Balaban J connectivity index is 1.48. The van der Waals surface area contributed by atoms with Crippen LogP contribution < -0.4 is 10.6 Å². The van der Waals surface area contributed by atoms with Crippen LogP contribution in [0.1, 0.15) is 31.8 Å². The number of amides is 2. The van der Waals surface area contributed by atoms with Gasteiger partial charge in [-0.1, -0.05) is 36.4 Å². The van der Waals surface area contributed by atoms with Crippen molar-refractivity contribution in [3.63, 3.8) is 0 Å². The van der Waals surface area contributed by atoms with Gasteiger partial charge in [-0.05, 0) is 54.4 Å². The lowest BCUT2D eigenvalue weighted by molar-refractivity contribution is 0.101. The summed E-state index contributed by atoms with van der Waals surface area (Å²) in [5.41, 5.74) is 4.27. The molecule has 154 valence electrons. The molecule has 0 spiro atoms. The van der Waals surface area contributed by atoms with Crippen molar-refractivity contribution in [2.75, 3.05) is 10.6 Å². The van der Waals surface area contributed by atoms with Crippen LogP contribution in [-0.2, 0) is 6.54 Å². The summed E-state index contributed by atoms with van der Waals surface area (Å²) in [6.07, 6.45) is 5.38. The molecule has 0 atom stereocenters. The van der Waals surface area contributed by atoms with Crippen molar-refractivity contribution >= 4 is 23.2 Å². The first kappa shape index (κ1) is 20.1. The molecule has 2 N–H and O–H groups in total. The van der Waals surface area contributed by atoms with E-state index >= 15 is 0 Å². The fourth-order valence-corrected chi connectivity index (χ4v) is 3.22. The number of aryl methyl sites for hydroxylation is 1. The Morgan fingerprint density at radius 2 is 1.68 bits per heavy atom. The monoisotopic (exact) mass is 410 g/mol. The summed E-state index contributed by atoms with van der Waals surface area (Å²) in [7, 11) is 0. The maximum Gasteiger partial charge on any atom is 0.255 e. The van der Waals surface area contributed by atoms with Crippen LogP contribution in [0.2, 0.25) is 0 Å². The molecule has 4 aromatic rings. The topological polar surface area (TPSA) is 76.0 Å². The standard InChI is InChI=1S/C25H22N4O2/c1-18-10-11-21(15-23(18)28-24(30)20-7-3-2-4-8-20)25(31)27-22-9-5-6-19(14-22)16-29-13-12-26-17-29/h2-15,17H,16H2,1H3,(H,27,31)(H,28,30). The number of carbonyl (C=O) groups excluding carboxylic acids is 2. The summed E-state index contributed by atoms with van der Waals surface area (Å²) in [6, 6.07) is 21.9. The Morgan fingerprint density at radius 3 is 2.45 bits per heavy atom. The molecule has 3 aromatic carbocycles. The minimum Gasteiger partial charge on any atom is -0.333 e. The Bertz CT molecular complexity index is 1200. The summed E-state index contributed by atoms with van der Waals surface area (Å²) in [5, 5.41) is 5.83. The molecule has 2 amide bonds. The van der Waals surface area contributed by atoms with Crippen LogP contribution >= 0.6 is 0 Å². The zero-order valence-electron chi connectivity index (χ0n) is 17.1. The second-order valence-electron chi connectivity index (χ2n) is 7.24. The molecule has 6 heteroatoms. The molecule has 0 saturated carbocycles. The lowest BCUT2D eigenvalue weighted by Crippen LogP contribution is -2.15. The minimum atomic E-state index is -0.241. The molecule has 0 aliphatic rings. The van der Waals surface area contributed by atoms with Crippen molar-refractivity contribution in [3.8, 4) is 0 Å². The molecule has 6 nitrogen and oxygen atoms in total. The predicted molar refractivity (Wildman–Crippen MR) is 121 cm³/mol. The molecule has 31 heavy (non-hydrogen) atoms. The molecular formula is C25H22N4O2. The van der Waals surface area contributed by atoms with E-state index in [0.29, 0.717) is 29.0 Å². The highest BCUT2D eigenvalue weighted by atomic mass is 16.2. The van der Waals surface area contributed by atoms with Gasteiger partial charge in [0, 0.05) is 41.4 Å². The average molecular weight is 410 g/mol. The number of aromatic nitrogens is 2. The van der Waals surface area contributed by atoms with Crippen molar-refractivity contribution in [3.05, 3.63) is 114 Å². The molecule has 0 bridgehead atoms. The molecule has 0 saturated heterocycles. The van der Waals surface area contributed by atoms with Gasteiger partial charge in [0.1, 0.15) is 0 Å². The zero-order chi connectivity index (χ0) is 21.6. The number of hydrogen-bond donors (Lipinski definition) is 2. The van der Waals surface area contributed by atoms with Crippen LogP contribution in [0.15, 0.2) is 91.5 Å². The van der Waals surface area contributed by atoms with E-state index in [1.807, 2.05) is 66.2 Å². The van der Waals surface area contributed by atoms with Crippen molar-refractivity contribution in [2.45, 2.75) is 13.5 Å². The second-order valence-corrected chi connectivity index (χ2v) is 7.24. The van der Waals surface area contributed by atoms with Gasteiger partial charge in [-0.25, -0.2) is 4.98 Å². The highest BCUT2D eigenvalue weighted by molar-refractivity contribution is 6.07. The van der Waals surface area contributed by atoms with Crippen LogP contribution in [0.25, 0.3) is 0 Å². The number of imidazole rings is 1. The molecule has 1 heterocycles. The van der Waals surface area contributed by atoms with Gasteiger partial charge in [-0.3, -0.25) is 9.59 Å². The third kappa shape index (κ3) is 5.05. The SMILES string of the molecule is Cc1ccc(C(=O)Nc2cccc(Cn3ccnc3)c2)cc1NC(=O)c1ccccc1. The van der Waals surface area contributed by atoms with Gasteiger partial charge in [-0.2, -0.15) is 0 Å². The Morgan fingerprint density at radius 1 is 0.871 bits per heavy atom. The number of rotatable bonds is 6. The van der Waals surface area contributed by atoms with Crippen LogP contribution in [0, 0.1) is 6.92 Å². The smallest absolute Gasteiger partial charge is 0.255 e.